The van der Waals surface area contributed by atoms with Crippen LogP contribution in [0.4, 0.5) is 0 Å². The molecule has 0 amide bonds. The second kappa shape index (κ2) is 11.7. The molecule has 0 saturated heterocycles. The van der Waals surface area contributed by atoms with Crippen molar-refractivity contribution in [3.8, 4) is 6.07 Å². The van der Waals surface area contributed by atoms with Gasteiger partial charge in [0.05, 0.1) is 17.6 Å². The average molecular weight is 402 g/mol. The van der Waals surface area contributed by atoms with Crippen molar-refractivity contribution in [3.05, 3.63) is 0 Å². The third-order valence-corrected chi connectivity index (χ3v) is 8.98. The maximum absolute atomic E-state index is 10.2. The van der Waals surface area contributed by atoms with E-state index in [1.165, 1.54) is 109 Å². The molecule has 3 fully saturated rings. The summed E-state index contributed by atoms with van der Waals surface area (Å²) in [6.07, 6.45) is 22.8. The van der Waals surface area contributed by atoms with Gasteiger partial charge in [-0.05, 0) is 94.3 Å². The Balaban J connectivity index is 1.42. The molecule has 0 N–H and O–H groups in total. The van der Waals surface area contributed by atoms with Gasteiger partial charge in [-0.25, -0.2) is 0 Å². The van der Waals surface area contributed by atoms with Crippen LogP contribution in [0.1, 0.15) is 123 Å². The molecule has 2 heteroatoms. The van der Waals surface area contributed by atoms with Crippen molar-refractivity contribution in [3.63, 3.8) is 0 Å². The van der Waals surface area contributed by atoms with Gasteiger partial charge in [0.2, 0.25) is 0 Å². The number of hydrogen-bond donors (Lipinski definition) is 0. The van der Waals surface area contributed by atoms with E-state index in [1.54, 1.807) is 0 Å². The fraction of sp³-hybridized carbons (Fsp3) is 0.963. The zero-order valence-corrected chi connectivity index (χ0v) is 19.5. The second-order valence-electron chi connectivity index (χ2n) is 10.7. The largest absolute Gasteiger partial charge is 0.378 e. The summed E-state index contributed by atoms with van der Waals surface area (Å²) in [7, 11) is 0. The van der Waals surface area contributed by atoms with Gasteiger partial charge < -0.3 is 4.74 Å². The van der Waals surface area contributed by atoms with E-state index in [9.17, 15) is 5.26 Å². The maximum Gasteiger partial charge on any atom is 0.0692 e. The summed E-state index contributed by atoms with van der Waals surface area (Å²) < 4.78 is 6.07. The first-order chi connectivity index (χ1) is 14.2. The average Bonchev–Trinajstić information content (AvgIpc) is 2.79. The molecule has 0 heterocycles. The van der Waals surface area contributed by atoms with Crippen LogP contribution in [-0.4, -0.2) is 12.7 Å². The van der Waals surface area contributed by atoms with Crippen molar-refractivity contribution in [1.29, 1.82) is 5.26 Å². The van der Waals surface area contributed by atoms with E-state index < -0.39 is 0 Å². The normalized spacial score (nSPS) is 38.4. The van der Waals surface area contributed by atoms with Gasteiger partial charge in [0.15, 0.2) is 0 Å². The van der Waals surface area contributed by atoms with Crippen LogP contribution in [0.2, 0.25) is 0 Å². The summed E-state index contributed by atoms with van der Waals surface area (Å²) in [5.41, 5.74) is -0.0107. The highest BCUT2D eigenvalue weighted by atomic mass is 16.5. The van der Waals surface area contributed by atoms with E-state index in [4.69, 9.17) is 4.74 Å². The summed E-state index contributed by atoms with van der Waals surface area (Å²) in [6, 6.07) is 2.87. The van der Waals surface area contributed by atoms with Gasteiger partial charge in [-0.15, -0.1) is 0 Å². The van der Waals surface area contributed by atoms with Gasteiger partial charge >= 0.3 is 0 Å². The van der Waals surface area contributed by atoms with Gasteiger partial charge in [-0.3, -0.25) is 0 Å². The number of nitriles is 1. The van der Waals surface area contributed by atoms with Gasteiger partial charge in [0, 0.05) is 6.61 Å². The number of ether oxygens (including phenoxy) is 1. The topological polar surface area (TPSA) is 33.0 Å². The lowest BCUT2D eigenvalue weighted by Gasteiger charge is -2.45. The molecule has 0 aliphatic heterocycles. The Hall–Kier alpha value is -0.550. The van der Waals surface area contributed by atoms with Crippen LogP contribution in [0, 0.1) is 40.4 Å². The molecule has 3 aliphatic rings. The minimum Gasteiger partial charge on any atom is -0.378 e. The molecule has 3 rings (SSSR count). The molecule has 29 heavy (non-hydrogen) atoms. The Morgan fingerprint density at radius 1 is 0.793 bits per heavy atom. The SMILES string of the molecule is CCCCOC1CCC([C@]2(C#N)CC[C@@H](C3CCC(CCCC)CC3)CC2)CC1. The van der Waals surface area contributed by atoms with Crippen LogP contribution in [0.5, 0.6) is 0 Å². The summed E-state index contributed by atoms with van der Waals surface area (Å²) in [4.78, 5) is 0. The second-order valence-corrected chi connectivity index (χ2v) is 10.7. The molecule has 0 spiro atoms. The van der Waals surface area contributed by atoms with Crippen LogP contribution in [-0.2, 0) is 4.74 Å². The van der Waals surface area contributed by atoms with Crippen molar-refractivity contribution in [2.45, 2.75) is 129 Å². The van der Waals surface area contributed by atoms with Crippen molar-refractivity contribution < 1.29 is 4.74 Å². The van der Waals surface area contributed by atoms with E-state index in [1.807, 2.05) is 0 Å². The Labute approximate surface area is 181 Å². The van der Waals surface area contributed by atoms with Crippen LogP contribution < -0.4 is 0 Å². The van der Waals surface area contributed by atoms with E-state index in [-0.39, 0.29) is 5.41 Å². The van der Waals surface area contributed by atoms with Gasteiger partial charge in [-0.1, -0.05) is 52.4 Å². The molecule has 0 aromatic rings. The fourth-order valence-corrected chi connectivity index (χ4v) is 6.86. The smallest absolute Gasteiger partial charge is 0.0692 e. The Kier molecular flexibility index (Phi) is 9.36. The molecule has 0 atom stereocenters. The summed E-state index contributed by atoms with van der Waals surface area (Å²) in [5.74, 6) is 3.52. The molecule has 166 valence electrons. The first kappa shape index (κ1) is 23.1. The van der Waals surface area contributed by atoms with Crippen LogP contribution in [0.25, 0.3) is 0 Å². The molecule has 0 aromatic heterocycles. The Morgan fingerprint density at radius 3 is 2.00 bits per heavy atom. The predicted molar refractivity (Wildman–Crippen MR) is 122 cm³/mol. The maximum atomic E-state index is 10.2. The lowest BCUT2D eigenvalue weighted by molar-refractivity contribution is -0.00808. The van der Waals surface area contributed by atoms with Crippen LogP contribution >= 0.6 is 0 Å². The number of unbranched alkanes of at least 4 members (excludes halogenated alkanes) is 2. The monoisotopic (exact) mass is 401 g/mol. The van der Waals surface area contributed by atoms with Crippen molar-refractivity contribution in [2.24, 2.45) is 29.1 Å². The fourth-order valence-electron chi connectivity index (χ4n) is 6.86. The van der Waals surface area contributed by atoms with E-state index in [0.29, 0.717) is 12.0 Å². The lowest BCUT2D eigenvalue weighted by atomic mass is 9.58. The van der Waals surface area contributed by atoms with E-state index in [0.717, 1.165) is 24.4 Å². The van der Waals surface area contributed by atoms with E-state index >= 15 is 0 Å². The summed E-state index contributed by atoms with van der Waals surface area (Å²) in [6.45, 7) is 5.48. The first-order valence-corrected chi connectivity index (χ1v) is 13.2. The van der Waals surface area contributed by atoms with E-state index in [2.05, 4.69) is 19.9 Å². The number of hydrogen-bond acceptors (Lipinski definition) is 2. The predicted octanol–water partition coefficient (Wildman–Crippen LogP) is 8.06. The molecule has 3 aliphatic carbocycles. The van der Waals surface area contributed by atoms with Crippen molar-refractivity contribution >= 4 is 0 Å². The highest BCUT2D eigenvalue weighted by molar-refractivity contribution is 5.06. The van der Waals surface area contributed by atoms with Gasteiger partial charge in [0.1, 0.15) is 0 Å². The van der Waals surface area contributed by atoms with Crippen molar-refractivity contribution in [2.75, 3.05) is 6.61 Å². The first-order valence-electron chi connectivity index (χ1n) is 13.2. The molecular formula is C27H47NO. The van der Waals surface area contributed by atoms with Crippen LogP contribution in [0.15, 0.2) is 0 Å². The molecule has 0 radical (unpaired) electrons. The zero-order chi connectivity index (χ0) is 20.5. The molecular weight excluding hydrogens is 354 g/mol. The Morgan fingerprint density at radius 2 is 1.41 bits per heavy atom. The summed E-state index contributed by atoms with van der Waals surface area (Å²) >= 11 is 0. The van der Waals surface area contributed by atoms with Gasteiger partial charge in [0.25, 0.3) is 0 Å². The molecule has 0 bridgehead atoms. The third-order valence-electron chi connectivity index (χ3n) is 8.98. The van der Waals surface area contributed by atoms with Crippen molar-refractivity contribution in [1.82, 2.24) is 0 Å². The standard InChI is InChI=1S/C27H47NO/c1-3-5-7-22-8-10-23(11-9-22)24-16-18-27(21-28,19-17-24)25-12-14-26(15-13-25)29-20-6-4-2/h22-26H,3-20H2,1-2H3/t22?,23?,24-,25?,26?,27-. The number of nitrogens with zero attached hydrogens (tertiary/aromatic N) is 1. The zero-order valence-electron chi connectivity index (χ0n) is 19.5. The molecule has 2 nitrogen and oxygen atoms in total. The quantitative estimate of drug-likeness (QED) is 0.366. The summed E-state index contributed by atoms with van der Waals surface area (Å²) in [5, 5.41) is 10.2. The highest BCUT2D eigenvalue weighted by Crippen LogP contribution is 2.52. The lowest BCUT2D eigenvalue weighted by Crippen LogP contribution is -2.38. The van der Waals surface area contributed by atoms with Gasteiger partial charge in [-0.2, -0.15) is 5.26 Å². The molecule has 0 aromatic carbocycles. The van der Waals surface area contributed by atoms with Crippen LogP contribution in [0.3, 0.4) is 0 Å². The minimum absolute atomic E-state index is 0.0107. The molecule has 3 saturated carbocycles. The Bertz CT molecular complexity index is 485. The highest BCUT2D eigenvalue weighted by Gasteiger charge is 2.44. The molecule has 0 unspecified atom stereocenters. The minimum atomic E-state index is -0.0107. The third kappa shape index (κ3) is 6.22. The number of rotatable bonds is 9.